The van der Waals surface area contributed by atoms with Crippen LogP contribution in [-0.4, -0.2) is 45.2 Å². The number of rotatable bonds is 14. The second kappa shape index (κ2) is 12.5. The predicted octanol–water partition coefficient (Wildman–Crippen LogP) is 4.63. The molecule has 0 saturated heterocycles. The van der Waals surface area contributed by atoms with E-state index in [4.69, 9.17) is 9.47 Å². The Balaban J connectivity index is 1.58. The Hall–Kier alpha value is -2.37. The Morgan fingerprint density at radius 1 is 0.742 bits per heavy atom. The second-order valence-electron chi connectivity index (χ2n) is 8.03. The standard InChI is InChI=1S/C26H36N2O3/c1-3-11-27-13-5-15-30-21-7-9-23-20(17-21)18-26(29)25-19-22(8-10-24(23)25)31-16-6-14-28-12-4-2/h7-10,17,19,27-28H,3-6,11-16,18H2,1-2H3. The van der Waals surface area contributed by atoms with E-state index in [-0.39, 0.29) is 5.78 Å². The van der Waals surface area contributed by atoms with Crippen molar-refractivity contribution in [1.82, 2.24) is 10.6 Å². The fourth-order valence-corrected chi connectivity index (χ4v) is 3.79. The van der Waals surface area contributed by atoms with Gasteiger partial charge in [-0.05, 0) is 98.9 Å². The molecule has 2 aromatic carbocycles. The zero-order chi connectivity index (χ0) is 21.9. The van der Waals surface area contributed by atoms with Gasteiger partial charge < -0.3 is 20.1 Å². The molecule has 0 bridgehead atoms. The molecule has 3 rings (SSSR count). The molecule has 0 radical (unpaired) electrons. The number of nitrogens with one attached hydrogen (secondary N) is 2. The third-order valence-electron chi connectivity index (χ3n) is 5.40. The summed E-state index contributed by atoms with van der Waals surface area (Å²) in [4.78, 5) is 12.8. The molecule has 0 heterocycles. The van der Waals surface area contributed by atoms with Crippen molar-refractivity contribution in [3.63, 3.8) is 0 Å². The van der Waals surface area contributed by atoms with Crippen molar-refractivity contribution >= 4 is 5.78 Å². The van der Waals surface area contributed by atoms with Crippen molar-refractivity contribution in [3.05, 3.63) is 47.5 Å². The number of hydrogen-bond acceptors (Lipinski definition) is 5. The summed E-state index contributed by atoms with van der Waals surface area (Å²) in [5.74, 6) is 1.74. The van der Waals surface area contributed by atoms with Crippen LogP contribution in [0.1, 0.15) is 55.5 Å². The highest BCUT2D eigenvalue weighted by Crippen LogP contribution is 2.37. The third-order valence-corrected chi connectivity index (χ3v) is 5.40. The molecule has 5 heteroatoms. The Morgan fingerprint density at radius 3 is 1.94 bits per heavy atom. The first kappa shape index (κ1) is 23.3. The van der Waals surface area contributed by atoms with Gasteiger partial charge in [0.05, 0.1) is 13.2 Å². The van der Waals surface area contributed by atoms with Gasteiger partial charge in [0.2, 0.25) is 0 Å². The number of fused-ring (bicyclic) bond motifs is 3. The van der Waals surface area contributed by atoms with Crippen LogP contribution in [0.2, 0.25) is 0 Å². The van der Waals surface area contributed by atoms with Gasteiger partial charge in [0.1, 0.15) is 11.5 Å². The Kier molecular flexibility index (Phi) is 9.38. The van der Waals surface area contributed by atoms with E-state index in [1.165, 1.54) is 0 Å². The molecule has 0 unspecified atom stereocenters. The molecule has 0 aromatic heterocycles. The summed E-state index contributed by atoms with van der Waals surface area (Å²) in [5, 5.41) is 6.75. The topological polar surface area (TPSA) is 59.6 Å². The molecule has 0 atom stereocenters. The molecule has 5 nitrogen and oxygen atoms in total. The van der Waals surface area contributed by atoms with Gasteiger partial charge in [-0.2, -0.15) is 0 Å². The smallest absolute Gasteiger partial charge is 0.168 e. The summed E-state index contributed by atoms with van der Waals surface area (Å²) in [6.07, 6.45) is 4.61. The minimum Gasteiger partial charge on any atom is -0.494 e. The van der Waals surface area contributed by atoms with E-state index >= 15 is 0 Å². The molecule has 1 aliphatic carbocycles. The molecule has 31 heavy (non-hydrogen) atoms. The third kappa shape index (κ3) is 6.81. The highest BCUT2D eigenvalue weighted by molar-refractivity contribution is 6.07. The van der Waals surface area contributed by atoms with Gasteiger partial charge in [0.25, 0.3) is 0 Å². The first-order chi connectivity index (χ1) is 15.2. The van der Waals surface area contributed by atoms with E-state index in [1.807, 2.05) is 30.3 Å². The lowest BCUT2D eigenvalue weighted by Gasteiger charge is -2.21. The highest BCUT2D eigenvalue weighted by atomic mass is 16.5. The van der Waals surface area contributed by atoms with Crippen LogP contribution in [0.15, 0.2) is 36.4 Å². The summed E-state index contributed by atoms with van der Waals surface area (Å²) >= 11 is 0. The second-order valence-corrected chi connectivity index (χ2v) is 8.03. The number of ether oxygens (including phenoxy) is 2. The average Bonchev–Trinajstić information content (AvgIpc) is 2.78. The molecule has 0 aliphatic heterocycles. The average molecular weight is 425 g/mol. The van der Waals surface area contributed by atoms with Crippen LogP contribution >= 0.6 is 0 Å². The van der Waals surface area contributed by atoms with Gasteiger partial charge in [-0.15, -0.1) is 0 Å². The predicted molar refractivity (Wildman–Crippen MR) is 126 cm³/mol. The maximum atomic E-state index is 12.8. The summed E-state index contributed by atoms with van der Waals surface area (Å²) in [7, 11) is 0. The van der Waals surface area contributed by atoms with Gasteiger partial charge >= 0.3 is 0 Å². The van der Waals surface area contributed by atoms with Crippen molar-refractivity contribution in [3.8, 4) is 22.6 Å². The molecule has 2 N–H and O–H groups in total. The number of hydrogen-bond donors (Lipinski definition) is 2. The van der Waals surface area contributed by atoms with Crippen molar-refractivity contribution in [2.45, 2.75) is 46.0 Å². The summed E-state index contributed by atoms with van der Waals surface area (Å²) < 4.78 is 11.8. The van der Waals surface area contributed by atoms with Gasteiger partial charge in [-0.25, -0.2) is 0 Å². The number of Topliss-reactive ketones (excluding diaryl/α,β-unsaturated/α-hetero) is 1. The minimum absolute atomic E-state index is 0.137. The summed E-state index contributed by atoms with van der Waals surface area (Å²) in [6.45, 7) is 9.64. The minimum atomic E-state index is 0.137. The lowest BCUT2D eigenvalue weighted by molar-refractivity contribution is 0.0991. The maximum Gasteiger partial charge on any atom is 0.168 e. The number of benzene rings is 2. The van der Waals surface area contributed by atoms with Crippen molar-refractivity contribution in [1.29, 1.82) is 0 Å². The zero-order valence-electron chi connectivity index (χ0n) is 19.0. The fraction of sp³-hybridized carbons (Fsp3) is 0.500. The lowest BCUT2D eigenvalue weighted by atomic mass is 9.84. The van der Waals surface area contributed by atoms with Gasteiger partial charge in [-0.1, -0.05) is 19.9 Å². The van der Waals surface area contributed by atoms with E-state index in [0.29, 0.717) is 19.6 Å². The van der Waals surface area contributed by atoms with Crippen LogP contribution in [-0.2, 0) is 6.42 Å². The van der Waals surface area contributed by atoms with E-state index in [1.54, 1.807) is 0 Å². The Bertz CT molecular complexity index is 851. The first-order valence-corrected chi connectivity index (χ1v) is 11.7. The van der Waals surface area contributed by atoms with Crippen LogP contribution in [0, 0.1) is 0 Å². The van der Waals surface area contributed by atoms with Gasteiger partial charge in [-0.3, -0.25) is 4.79 Å². The van der Waals surface area contributed by atoms with Crippen molar-refractivity contribution in [2.75, 3.05) is 39.4 Å². The molecule has 0 amide bonds. The monoisotopic (exact) mass is 424 g/mol. The van der Waals surface area contributed by atoms with E-state index in [0.717, 1.165) is 85.6 Å². The van der Waals surface area contributed by atoms with Crippen molar-refractivity contribution < 1.29 is 14.3 Å². The van der Waals surface area contributed by atoms with Crippen LogP contribution in [0.3, 0.4) is 0 Å². The number of carbonyl (C=O) groups excluding carboxylic acids is 1. The fourth-order valence-electron chi connectivity index (χ4n) is 3.79. The maximum absolute atomic E-state index is 12.8. The van der Waals surface area contributed by atoms with Crippen LogP contribution in [0.5, 0.6) is 11.5 Å². The van der Waals surface area contributed by atoms with E-state index in [9.17, 15) is 4.79 Å². The van der Waals surface area contributed by atoms with Crippen LogP contribution in [0.25, 0.3) is 11.1 Å². The lowest BCUT2D eigenvalue weighted by Crippen LogP contribution is -2.18. The highest BCUT2D eigenvalue weighted by Gasteiger charge is 2.23. The quantitative estimate of drug-likeness (QED) is 0.433. The Morgan fingerprint density at radius 2 is 1.32 bits per heavy atom. The molecular weight excluding hydrogens is 388 g/mol. The molecule has 2 aromatic rings. The molecule has 0 saturated carbocycles. The van der Waals surface area contributed by atoms with Gasteiger partial charge in [0.15, 0.2) is 5.78 Å². The van der Waals surface area contributed by atoms with Gasteiger partial charge in [0, 0.05) is 12.0 Å². The SMILES string of the molecule is CCCNCCCOc1ccc2c(c1)CC(=O)c1cc(OCCCNCCC)ccc1-2. The van der Waals surface area contributed by atoms with Crippen LogP contribution < -0.4 is 20.1 Å². The largest absolute Gasteiger partial charge is 0.494 e. The van der Waals surface area contributed by atoms with Crippen molar-refractivity contribution in [2.24, 2.45) is 0 Å². The molecular formula is C26H36N2O3. The molecule has 168 valence electrons. The molecule has 0 fully saturated rings. The van der Waals surface area contributed by atoms with Crippen LogP contribution in [0.4, 0.5) is 0 Å². The number of ketones is 1. The first-order valence-electron chi connectivity index (χ1n) is 11.7. The van der Waals surface area contributed by atoms with E-state index in [2.05, 4.69) is 30.5 Å². The number of carbonyl (C=O) groups is 1. The molecule has 0 spiro atoms. The summed E-state index contributed by atoms with van der Waals surface area (Å²) in [6, 6.07) is 12.0. The normalized spacial score (nSPS) is 12.4. The van der Waals surface area contributed by atoms with E-state index < -0.39 is 0 Å². The zero-order valence-corrected chi connectivity index (χ0v) is 19.0. The summed E-state index contributed by atoms with van der Waals surface area (Å²) in [5.41, 5.74) is 3.89. The Labute approximate surface area is 186 Å². The molecule has 1 aliphatic rings.